The minimum absolute atomic E-state index is 0.144. The van der Waals surface area contributed by atoms with Crippen molar-refractivity contribution in [1.82, 2.24) is 4.67 Å². The standard InChI is InChI=1S/C5H16N3OP/c1-4-8(5(2)3)10(6,7)9/h5H,4H2,1-3H3,(H4,6,7,9). The van der Waals surface area contributed by atoms with Gasteiger partial charge in [0, 0.05) is 12.6 Å². The van der Waals surface area contributed by atoms with E-state index in [-0.39, 0.29) is 6.04 Å². The molecule has 5 heteroatoms. The molecule has 0 aromatic heterocycles. The van der Waals surface area contributed by atoms with Gasteiger partial charge >= 0.3 is 0 Å². The summed E-state index contributed by atoms with van der Waals surface area (Å²) in [5.41, 5.74) is 10.5. The second-order valence-electron chi connectivity index (χ2n) is 2.52. The van der Waals surface area contributed by atoms with Gasteiger partial charge < -0.3 is 0 Å². The van der Waals surface area contributed by atoms with Crippen molar-refractivity contribution in [3.05, 3.63) is 0 Å². The van der Waals surface area contributed by atoms with Crippen LogP contribution in [0.3, 0.4) is 0 Å². The van der Waals surface area contributed by atoms with Gasteiger partial charge in [-0.25, -0.2) is 4.67 Å². The topological polar surface area (TPSA) is 72.3 Å². The van der Waals surface area contributed by atoms with Crippen LogP contribution in [0.1, 0.15) is 20.8 Å². The summed E-state index contributed by atoms with van der Waals surface area (Å²) < 4.78 is 12.7. The quantitative estimate of drug-likeness (QED) is 0.605. The first-order chi connectivity index (χ1) is 4.39. The molecule has 0 radical (unpaired) electrons. The Balaban J connectivity index is 4.22. The maximum Gasteiger partial charge on any atom is 0.276 e. The van der Waals surface area contributed by atoms with Crippen LogP contribution < -0.4 is 11.0 Å². The predicted octanol–water partition coefficient (Wildman–Crippen LogP) is 0.742. The molecule has 0 aliphatic heterocycles. The first-order valence-electron chi connectivity index (χ1n) is 3.34. The molecule has 0 aliphatic rings. The van der Waals surface area contributed by atoms with Crippen LogP contribution in [0.15, 0.2) is 0 Å². The van der Waals surface area contributed by atoms with Gasteiger partial charge in [-0.15, -0.1) is 0 Å². The van der Waals surface area contributed by atoms with Gasteiger partial charge in [0.1, 0.15) is 0 Å². The van der Waals surface area contributed by atoms with Crippen LogP contribution in [-0.2, 0) is 4.57 Å². The molecule has 62 valence electrons. The lowest BCUT2D eigenvalue weighted by Gasteiger charge is -2.27. The third kappa shape index (κ3) is 2.80. The van der Waals surface area contributed by atoms with Gasteiger partial charge in [0.25, 0.3) is 7.59 Å². The molecule has 0 unspecified atom stereocenters. The van der Waals surface area contributed by atoms with E-state index >= 15 is 0 Å². The molecule has 0 amide bonds. The van der Waals surface area contributed by atoms with E-state index < -0.39 is 7.59 Å². The van der Waals surface area contributed by atoms with Crippen molar-refractivity contribution < 1.29 is 4.57 Å². The Labute approximate surface area is 62.1 Å². The Kier molecular flexibility index (Phi) is 3.52. The van der Waals surface area contributed by atoms with Crippen molar-refractivity contribution >= 4 is 7.59 Å². The van der Waals surface area contributed by atoms with Crippen molar-refractivity contribution in [2.24, 2.45) is 11.0 Å². The maximum atomic E-state index is 11.1. The third-order valence-corrected chi connectivity index (χ3v) is 2.87. The molecule has 0 bridgehead atoms. The highest BCUT2D eigenvalue weighted by Crippen LogP contribution is 2.32. The highest BCUT2D eigenvalue weighted by atomic mass is 31.2. The normalized spacial score (nSPS) is 13.1. The Morgan fingerprint density at radius 1 is 1.50 bits per heavy atom. The third-order valence-electron chi connectivity index (χ3n) is 1.32. The molecule has 4 nitrogen and oxygen atoms in total. The molecule has 0 aromatic carbocycles. The summed E-state index contributed by atoms with van der Waals surface area (Å²) in [5, 5.41) is 0. The monoisotopic (exact) mass is 165 g/mol. The van der Waals surface area contributed by atoms with E-state index in [0.29, 0.717) is 6.54 Å². The van der Waals surface area contributed by atoms with E-state index in [1.165, 1.54) is 0 Å². The molecule has 0 saturated carbocycles. The largest absolute Gasteiger partial charge is 0.276 e. The molecule has 0 spiro atoms. The zero-order chi connectivity index (χ0) is 8.36. The lowest BCUT2D eigenvalue weighted by atomic mass is 10.4. The van der Waals surface area contributed by atoms with Crippen LogP contribution >= 0.6 is 7.59 Å². The summed E-state index contributed by atoms with van der Waals surface area (Å²) in [7, 11) is -3.00. The van der Waals surface area contributed by atoms with Crippen LogP contribution in [0.4, 0.5) is 0 Å². The highest BCUT2D eigenvalue weighted by Gasteiger charge is 2.21. The van der Waals surface area contributed by atoms with E-state index in [0.717, 1.165) is 0 Å². The van der Waals surface area contributed by atoms with Gasteiger partial charge in [0.2, 0.25) is 0 Å². The number of nitrogens with zero attached hydrogens (tertiary/aromatic N) is 1. The zero-order valence-corrected chi connectivity index (χ0v) is 7.64. The van der Waals surface area contributed by atoms with Crippen LogP contribution in [-0.4, -0.2) is 17.3 Å². The van der Waals surface area contributed by atoms with E-state index in [1.807, 2.05) is 20.8 Å². The second kappa shape index (κ2) is 3.49. The summed E-state index contributed by atoms with van der Waals surface area (Å²) >= 11 is 0. The van der Waals surface area contributed by atoms with Gasteiger partial charge in [-0.05, 0) is 13.8 Å². The van der Waals surface area contributed by atoms with E-state index in [4.69, 9.17) is 11.0 Å². The maximum absolute atomic E-state index is 11.1. The van der Waals surface area contributed by atoms with Gasteiger partial charge in [0.05, 0.1) is 0 Å². The van der Waals surface area contributed by atoms with Crippen LogP contribution in [0, 0.1) is 0 Å². The summed E-state index contributed by atoms with van der Waals surface area (Å²) in [4.78, 5) is 0. The van der Waals surface area contributed by atoms with E-state index in [1.54, 1.807) is 4.67 Å². The molecule has 0 aromatic rings. The molecule has 0 aliphatic carbocycles. The van der Waals surface area contributed by atoms with Crippen molar-refractivity contribution in [3.63, 3.8) is 0 Å². The van der Waals surface area contributed by atoms with Crippen LogP contribution in [0.2, 0.25) is 0 Å². The van der Waals surface area contributed by atoms with Crippen molar-refractivity contribution in [2.45, 2.75) is 26.8 Å². The number of nitrogens with two attached hydrogens (primary N) is 2. The summed E-state index contributed by atoms with van der Waals surface area (Å²) in [6.45, 7) is 6.33. The van der Waals surface area contributed by atoms with Crippen LogP contribution in [0.5, 0.6) is 0 Å². The molecule has 0 fully saturated rings. The van der Waals surface area contributed by atoms with E-state index in [9.17, 15) is 4.57 Å². The Bertz CT molecular complexity index is 142. The minimum atomic E-state index is -3.00. The molecule has 0 atom stereocenters. The first kappa shape index (κ1) is 10.1. The Hall–Kier alpha value is 0.110. The summed E-state index contributed by atoms with van der Waals surface area (Å²) in [6, 6.07) is 0.144. The average molecular weight is 165 g/mol. The van der Waals surface area contributed by atoms with Crippen LogP contribution in [0.25, 0.3) is 0 Å². The fraction of sp³-hybridized carbons (Fsp3) is 1.00. The lowest BCUT2D eigenvalue weighted by molar-refractivity contribution is 0.367. The Morgan fingerprint density at radius 3 is 1.90 bits per heavy atom. The molecule has 0 heterocycles. The number of hydrogen-bond donors (Lipinski definition) is 2. The van der Waals surface area contributed by atoms with Crippen molar-refractivity contribution in [2.75, 3.05) is 6.54 Å². The van der Waals surface area contributed by atoms with Gasteiger partial charge in [0.15, 0.2) is 0 Å². The molecular weight excluding hydrogens is 149 g/mol. The summed E-state index contributed by atoms with van der Waals surface area (Å²) in [6.07, 6.45) is 0. The average Bonchev–Trinajstić information content (AvgIpc) is 1.60. The highest BCUT2D eigenvalue weighted by molar-refractivity contribution is 7.56. The molecule has 4 N–H and O–H groups in total. The number of hydrogen-bond acceptors (Lipinski definition) is 1. The Morgan fingerprint density at radius 2 is 1.90 bits per heavy atom. The molecule has 10 heavy (non-hydrogen) atoms. The first-order valence-corrected chi connectivity index (χ1v) is 5.13. The van der Waals surface area contributed by atoms with Crippen molar-refractivity contribution in [1.29, 1.82) is 0 Å². The lowest BCUT2D eigenvalue weighted by Crippen LogP contribution is -2.34. The SMILES string of the molecule is CCN(C(C)C)P(N)(N)=O. The second-order valence-corrected chi connectivity index (χ2v) is 4.38. The fourth-order valence-electron chi connectivity index (χ4n) is 0.947. The minimum Gasteiger partial charge on any atom is -0.271 e. The smallest absolute Gasteiger partial charge is 0.271 e. The predicted molar refractivity (Wildman–Crippen MR) is 43.5 cm³/mol. The molecular formula is C5H16N3OP. The van der Waals surface area contributed by atoms with E-state index in [2.05, 4.69) is 0 Å². The molecule has 0 rings (SSSR count). The van der Waals surface area contributed by atoms with Crippen molar-refractivity contribution in [3.8, 4) is 0 Å². The van der Waals surface area contributed by atoms with Gasteiger partial charge in [-0.2, -0.15) is 0 Å². The fourth-order valence-corrected chi connectivity index (χ4v) is 2.11. The molecule has 0 saturated heterocycles. The van der Waals surface area contributed by atoms with Gasteiger partial charge in [-0.3, -0.25) is 15.6 Å². The summed E-state index contributed by atoms with van der Waals surface area (Å²) in [5.74, 6) is 0. The zero-order valence-electron chi connectivity index (χ0n) is 6.74. The number of rotatable bonds is 3. The van der Waals surface area contributed by atoms with Gasteiger partial charge in [-0.1, -0.05) is 6.92 Å².